The summed E-state index contributed by atoms with van der Waals surface area (Å²) in [6.45, 7) is 3.70. The van der Waals surface area contributed by atoms with Crippen LogP contribution >= 0.6 is 11.6 Å². The number of H-pyrrole nitrogens is 1. The van der Waals surface area contributed by atoms with Gasteiger partial charge in [-0.25, -0.2) is 9.59 Å². The van der Waals surface area contributed by atoms with Crippen molar-refractivity contribution in [3.8, 4) is 0 Å². The van der Waals surface area contributed by atoms with Crippen molar-refractivity contribution < 1.29 is 19.5 Å². The van der Waals surface area contributed by atoms with Crippen molar-refractivity contribution in [1.82, 2.24) is 25.0 Å². The summed E-state index contributed by atoms with van der Waals surface area (Å²) in [5, 5.41) is 14.3. The van der Waals surface area contributed by atoms with Crippen LogP contribution in [0.2, 0.25) is 5.02 Å². The summed E-state index contributed by atoms with van der Waals surface area (Å²) in [5.74, 6) is 0.141. The zero-order valence-electron chi connectivity index (χ0n) is 26.9. The third kappa shape index (κ3) is 8.27. The van der Waals surface area contributed by atoms with E-state index in [9.17, 15) is 19.5 Å². The lowest BCUT2D eigenvalue weighted by Gasteiger charge is -2.32. The molecular formula is C38H42ClN5O4. The van der Waals surface area contributed by atoms with Crippen molar-refractivity contribution in [2.45, 2.75) is 44.2 Å². The smallest absolute Gasteiger partial charge is 0.407 e. The number of hydrogen-bond acceptors (Lipinski definition) is 4. The Morgan fingerprint density at radius 1 is 1.02 bits per heavy atom. The molecule has 1 unspecified atom stereocenters. The van der Waals surface area contributed by atoms with Gasteiger partial charge in [-0.3, -0.25) is 9.69 Å². The van der Waals surface area contributed by atoms with Gasteiger partial charge in [0.15, 0.2) is 0 Å². The van der Waals surface area contributed by atoms with Gasteiger partial charge in [-0.2, -0.15) is 0 Å². The van der Waals surface area contributed by atoms with Crippen molar-refractivity contribution in [3.63, 3.8) is 0 Å². The number of piperidine rings is 1. The fraction of sp³-hybridized carbons (Fsp3) is 0.342. The zero-order valence-corrected chi connectivity index (χ0v) is 27.7. The Morgan fingerprint density at radius 3 is 2.56 bits per heavy atom. The van der Waals surface area contributed by atoms with Crippen LogP contribution in [0.15, 0.2) is 97.2 Å². The Bertz CT molecular complexity index is 1750. The molecule has 0 bridgehead atoms. The first-order valence-electron chi connectivity index (χ1n) is 16.7. The van der Waals surface area contributed by atoms with Crippen LogP contribution < -0.4 is 5.32 Å². The molecule has 2 aliphatic rings. The number of hydrogen-bond donors (Lipinski definition) is 3. The highest BCUT2D eigenvalue weighted by molar-refractivity contribution is 6.30. The second-order valence-electron chi connectivity index (χ2n) is 12.8. The van der Waals surface area contributed by atoms with Crippen LogP contribution in [0.3, 0.4) is 0 Å². The van der Waals surface area contributed by atoms with Gasteiger partial charge in [0.2, 0.25) is 0 Å². The van der Waals surface area contributed by atoms with E-state index in [0.717, 1.165) is 66.5 Å². The lowest BCUT2D eigenvalue weighted by Crippen LogP contribution is -2.38. The fourth-order valence-electron chi connectivity index (χ4n) is 6.85. The predicted octanol–water partition coefficient (Wildman–Crippen LogP) is 6.91. The normalized spacial score (nSPS) is 18.1. The van der Waals surface area contributed by atoms with E-state index >= 15 is 0 Å². The zero-order chi connectivity index (χ0) is 33.5. The van der Waals surface area contributed by atoms with Crippen LogP contribution in [0.5, 0.6) is 0 Å². The minimum atomic E-state index is -0.925. The molecule has 10 heteroatoms. The third-order valence-electron chi connectivity index (χ3n) is 9.58. The number of likely N-dealkylation sites (tertiary alicyclic amines) is 1. The number of nitrogens with one attached hydrogen (secondary N) is 2. The first kappa shape index (κ1) is 33.3. The molecule has 9 nitrogen and oxygen atoms in total. The number of amides is 4. The molecule has 250 valence electrons. The van der Waals surface area contributed by atoms with Crippen LogP contribution in [0, 0.1) is 5.92 Å². The monoisotopic (exact) mass is 667 g/mol. The van der Waals surface area contributed by atoms with Gasteiger partial charge in [0.25, 0.3) is 5.91 Å². The summed E-state index contributed by atoms with van der Waals surface area (Å²) in [6.07, 6.45) is 8.32. The number of imide groups is 1. The minimum Gasteiger partial charge on any atom is -0.465 e. The van der Waals surface area contributed by atoms with E-state index in [2.05, 4.69) is 21.3 Å². The van der Waals surface area contributed by atoms with Crippen molar-refractivity contribution in [2.24, 2.45) is 5.92 Å². The molecule has 0 saturated carbocycles. The average Bonchev–Trinajstić information content (AvgIpc) is 3.62. The Labute approximate surface area is 286 Å². The highest BCUT2D eigenvalue weighted by Crippen LogP contribution is 2.28. The standard InChI is InChI=1S/C38H42ClN5O4/c39-32-12-6-11-29(22-32)30(26-44-36(45)35(41-37(44)46)23-31-24-40-34-14-5-4-13-33(31)34)17-21-42-19-15-27(16-20-42)10-7-18-43(38(47)48)25-28-8-2-1-3-9-28/h1-14,22,24,27,30,35,40H,15-21,23,25-26H2,(H,41,46)(H,47,48)/t30?,35-/m1/s1. The lowest BCUT2D eigenvalue weighted by atomic mass is 9.92. The molecule has 2 atom stereocenters. The molecule has 0 spiro atoms. The van der Waals surface area contributed by atoms with Crippen molar-refractivity contribution in [2.75, 3.05) is 32.7 Å². The Morgan fingerprint density at radius 2 is 1.79 bits per heavy atom. The topological polar surface area (TPSA) is 109 Å². The largest absolute Gasteiger partial charge is 0.465 e. The molecule has 3 N–H and O–H groups in total. The molecule has 2 fully saturated rings. The molecular weight excluding hydrogens is 626 g/mol. The average molecular weight is 668 g/mol. The number of allylic oxidation sites excluding steroid dienone is 1. The second-order valence-corrected chi connectivity index (χ2v) is 13.2. The molecule has 1 aromatic heterocycles. The molecule has 2 saturated heterocycles. The summed E-state index contributed by atoms with van der Waals surface area (Å²) in [5.41, 5.74) is 3.99. The number of para-hydroxylation sites is 1. The molecule has 4 amide bonds. The van der Waals surface area contributed by atoms with Crippen LogP contribution in [-0.4, -0.2) is 81.6 Å². The number of carboxylic acid groups (broad SMARTS) is 1. The van der Waals surface area contributed by atoms with Gasteiger partial charge >= 0.3 is 12.1 Å². The van der Waals surface area contributed by atoms with E-state index in [1.807, 2.05) is 91.1 Å². The maximum absolute atomic E-state index is 13.6. The first-order chi connectivity index (χ1) is 23.3. The summed E-state index contributed by atoms with van der Waals surface area (Å²) in [4.78, 5) is 47.0. The van der Waals surface area contributed by atoms with Gasteiger partial charge in [0.1, 0.15) is 6.04 Å². The Balaban J connectivity index is 1.03. The number of fused-ring (bicyclic) bond motifs is 1. The number of urea groups is 1. The van der Waals surface area contributed by atoms with Crippen LogP contribution in [0.1, 0.15) is 41.9 Å². The van der Waals surface area contributed by atoms with Gasteiger partial charge < -0.3 is 25.2 Å². The van der Waals surface area contributed by atoms with Crippen molar-refractivity contribution in [1.29, 1.82) is 0 Å². The van der Waals surface area contributed by atoms with Crippen LogP contribution in [0.4, 0.5) is 9.59 Å². The molecule has 0 radical (unpaired) electrons. The quantitative estimate of drug-likeness (QED) is 0.106. The van der Waals surface area contributed by atoms with E-state index in [4.69, 9.17) is 11.6 Å². The number of aromatic amines is 1. The summed E-state index contributed by atoms with van der Waals surface area (Å²) in [7, 11) is 0. The molecule has 2 aliphatic heterocycles. The van der Waals surface area contributed by atoms with Gasteiger partial charge in [-0.05, 0) is 79.7 Å². The van der Waals surface area contributed by atoms with E-state index in [-0.39, 0.29) is 24.4 Å². The lowest BCUT2D eigenvalue weighted by molar-refractivity contribution is -0.127. The van der Waals surface area contributed by atoms with Gasteiger partial charge in [0.05, 0.1) is 0 Å². The number of benzene rings is 3. The molecule has 48 heavy (non-hydrogen) atoms. The van der Waals surface area contributed by atoms with Gasteiger partial charge in [0, 0.05) is 54.1 Å². The first-order valence-corrected chi connectivity index (χ1v) is 17.0. The minimum absolute atomic E-state index is 0.0607. The number of carbonyl (C=O) groups is 3. The second kappa shape index (κ2) is 15.5. The van der Waals surface area contributed by atoms with Crippen molar-refractivity contribution in [3.05, 3.63) is 119 Å². The maximum atomic E-state index is 13.6. The number of aromatic nitrogens is 1. The highest BCUT2D eigenvalue weighted by Gasteiger charge is 2.39. The van der Waals surface area contributed by atoms with Gasteiger partial charge in [-0.1, -0.05) is 84.4 Å². The fourth-order valence-corrected chi connectivity index (χ4v) is 7.05. The molecule has 4 aromatic rings. The third-order valence-corrected chi connectivity index (χ3v) is 9.81. The molecule has 3 heterocycles. The van der Waals surface area contributed by atoms with Gasteiger partial charge in [-0.15, -0.1) is 0 Å². The summed E-state index contributed by atoms with van der Waals surface area (Å²) >= 11 is 6.38. The van der Waals surface area contributed by atoms with E-state index < -0.39 is 12.1 Å². The number of halogens is 1. The molecule has 0 aliphatic carbocycles. The summed E-state index contributed by atoms with van der Waals surface area (Å²) in [6, 6.07) is 24.3. The van der Waals surface area contributed by atoms with Crippen molar-refractivity contribution >= 4 is 40.5 Å². The Kier molecular flexibility index (Phi) is 10.8. The van der Waals surface area contributed by atoms with Crippen LogP contribution in [0.25, 0.3) is 10.9 Å². The number of rotatable bonds is 13. The number of carbonyl (C=O) groups excluding carboxylic acids is 2. The highest BCUT2D eigenvalue weighted by atomic mass is 35.5. The molecule has 3 aromatic carbocycles. The predicted molar refractivity (Wildman–Crippen MR) is 188 cm³/mol. The van der Waals surface area contributed by atoms with Crippen LogP contribution in [-0.2, 0) is 17.8 Å². The van der Waals surface area contributed by atoms with E-state index in [1.54, 1.807) is 0 Å². The SMILES string of the molecule is O=C(O)N(CC=CC1CCN(CCC(CN2C(=O)N[C@H](Cc3c[nH]c4ccccc34)C2=O)c2cccc(Cl)c2)CC1)Cc1ccccc1. The summed E-state index contributed by atoms with van der Waals surface area (Å²) < 4.78 is 0. The van der Waals surface area contributed by atoms with E-state index in [1.165, 1.54) is 9.80 Å². The molecule has 6 rings (SSSR count). The van der Waals surface area contributed by atoms with E-state index in [0.29, 0.717) is 30.5 Å². The Hall–Kier alpha value is -4.60. The maximum Gasteiger partial charge on any atom is 0.407 e. The number of nitrogens with zero attached hydrogens (tertiary/aromatic N) is 3.